The zero-order valence-electron chi connectivity index (χ0n) is 4.93. The van der Waals surface area contributed by atoms with E-state index in [4.69, 9.17) is 15.3 Å². The Morgan fingerprint density at radius 2 is 1.22 bits per heavy atom. The molecular formula is C3H10CaO5. The maximum absolute atomic E-state index is 8.17. The Labute approximate surface area is 82.9 Å². The van der Waals surface area contributed by atoms with Gasteiger partial charge < -0.3 is 26.3 Å². The van der Waals surface area contributed by atoms with Crippen LogP contribution in [0, 0.1) is 0 Å². The Morgan fingerprint density at radius 3 is 1.22 bits per heavy atom. The molecule has 0 aromatic rings. The minimum absolute atomic E-state index is 0. The molecule has 0 bridgehead atoms. The van der Waals surface area contributed by atoms with Crippen LogP contribution in [0.25, 0.3) is 0 Å². The van der Waals surface area contributed by atoms with Crippen LogP contribution in [0.5, 0.6) is 0 Å². The summed E-state index contributed by atoms with van der Waals surface area (Å²) in [4.78, 5) is 0. The molecule has 54 valence electrons. The SMILES string of the molecule is OCC(O)CO.[Ca+2].[OH-].[OH-]. The van der Waals surface area contributed by atoms with Gasteiger partial charge >= 0.3 is 37.7 Å². The van der Waals surface area contributed by atoms with Crippen LogP contribution in [0.3, 0.4) is 0 Å². The van der Waals surface area contributed by atoms with Crippen molar-refractivity contribution in [2.75, 3.05) is 13.2 Å². The number of hydrogen-bond donors (Lipinski definition) is 3. The molecule has 0 rings (SSSR count). The van der Waals surface area contributed by atoms with Crippen LogP contribution in [0.2, 0.25) is 0 Å². The average molecular weight is 166 g/mol. The zero-order chi connectivity index (χ0) is 4.99. The Balaban J connectivity index is -0.0000000417. The molecule has 0 aliphatic carbocycles. The van der Waals surface area contributed by atoms with Gasteiger partial charge in [-0.15, -0.1) is 0 Å². The quantitative estimate of drug-likeness (QED) is 0.395. The smallest absolute Gasteiger partial charge is 0.870 e. The Kier molecular flexibility index (Phi) is 40.0. The first kappa shape index (κ1) is 22.5. The molecule has 0 saturated heterocycles. The minimum atomic E-state index is -0.954. The van der Waals surface area contributed by atoms with Gasteiger partial charge in [0.1, 0.15) is 6.10 Å². The van der Waals surface area contributed by atoms with Crippen LogP contribution < -0.4 is 0 Å². The van der Waals surface area contributed by atoms with Crippen LogP contribution in [-0.4, -0.2) is 83.3 Å². The number of aliphatic hydroxyl groups is 3. The maximum Gasteiger partial charge on any atom is 2.00 e. The summed E-state index contributed by atoms with van der Waals surface area (Å²) in [5.41, 5.74) is 0. The molecule has 0 amide bonds. The Hall–Kier alpha value is 1.06. The summed E-state index contributed by atoms with van der Waals surface area (Å²) in [7, 11) is 0. The van der Waals surface area contributed by atoms with Crippen molar-refractivity contribution in [1.82, 2.24) is 0 Å². The average Bonchev–Trinajstić information content (AvgIpc) is 1.65. The van der Waals surface area contributed by atoms with E-state index in [9.17, 15) is 0 Å². The molecule has 0 spiro atoms. The van der Waals surface area contributed by atoms with Gasteiger partial charge in [-0.25, -0.2) is 0 Å². The van der Waals surface area contributed by atoms with Crippen LogP contribution in [0.15, 0.2) is 0 Å². The van der Waals surface area contributed by atoms with E-state index in [2.05, 4.69) is 0 Å². The monoisotopic (exact) mass is 166 g/mol. The molecule has 0 unspecified atom stereocenters. The van der Waals surface area contributed by atoms with Gasteiger partial charge in [-0.1, -0.05) is 0 Å². The second-order valence-corrected chi connectivity index (χ2v) is 1.02. The molecule has 0 saturated carbocycles. The van der Waals surface area contributed by atoms with Crippen molar-refractivity contribution in [1.29, 1.82) is 0 Å². The topological polar surface area (TPSA) is 121 Å². The zero-order valence-corrected chi connectivity index (χ0v) is 7.14. The van der Waals surface area contributed by atoms with Crippen molar-refractivity contribution in [2.45, 2.75) is 6.10 Å². The van der Waals surface area contributed by atoms with E-state index in [0.717, 1.165) is 0 Å². The molecule has 0 radical (unpaired) electrons. The fourth-order valence-electron chi connectivity index (χ4n) is 0.0577. The van der Waals surface area contributed by atoms with Crippen LogP contribution in [0.4, 0.5) is 0 Å². The second-order valence-electron chi connectivity index (χ2n) is 1.02. The number of hydrogen-bond acceptors (Lipinski definition) is 5. The predicted molar refractivity (Wildman–Crippen MR) is 29.8 cm³/mol. The summed E-state index contributed by atoms with van der Waals surface area (Å²) in [6, 6.07) is 0. The molecule has 9 heavy (non-hydrogen) atoms. The first-order valence-electron chi connectivity index (χ1n) is 1.71. The van der Waals surface area contributed by atoms with Crippen molar-refractivity contribution < 1.29 is 26.3 Å². The van der Waals surface area contributed by atoms with E-state index < -0.39 is 6.10 Å². The summed E-state index contributed by atoms with van der Waals surface area (Å²) >= 11 is 0. The van der Waals surface area contributed by atoms with Gasteiger partial charge in [0.25, 0.3) is 0 Å². The fraction of sp³-hybridized carbons (Fsp3) is 1.00. The molecule has 0 aliphatic heterocycles. The standard InChI is InChI=1S/C3H8O3.Ca.2H2O/c4-1-3(6)2-5;;;/h3-6H,1-2H2;;2*1H2/q;+2;;/p-2. The van der Waals surface area contributed by atoms with E-state index in [-0.39, 0.29) is 61.9 Å². The van der Waals surface area contributed by atoms with Crippen molar-refractivity contribution in [2.24, 2.45) is 0 Å². The van der Waals surface area contributed by atoms with E-state index >= 15 is 0 Å². The second kappa shape index (κ2) is 16.0. The van der Waals surface area contributed by atoms with Crippen molar-refractivity contribution in [3.05, 3.63) is 0 Å². The first-order chi connectivity index (χ1) is 2.81. The first-order valence-corrected chi connectivity index (χ1v) is 1.71. The van der Waals surface area contributed by atoms with E-state index in [1.807, 2.05) is 0 Å². The van der Waals surface area contributed by atoms with Gasteiger partial charge in [0.15, 0.2) is 0 Å². The molecule has 6 heteroatoms. The molecule has 0 heterocycles. The van der Waals surface area contributed by atoms with E-state index in [1.165, 1.54) is 0 Å². The van der Waals surface area contributed by atoms with Crippen LogP contribution in [-0.2, 0) is 0 Å². The maximum atomic E-state index is 8.17. The third kappa shape index (κ3) is 17.6. The summed E-state index contributed by atoms with van der Waals surface area (Å²) in [5, 5.41) is 24.0. The molecule has 5 nitrogen and oxygen atoms in total. The normalized spacial score (nSPS) is 6.67. The van der Waals surface area contributed by atoms with Gasteiger partial charge in [0.2, 0.25) is 0 Å². The molecule has 5 N–H and O–H groups in total. The summed E-state index contributed by atoms with van der Waals surface area (Å²) in [6.07, 6.45) is -0.954. The van der Waals surface area contributed by atoms with Gasteiger partial charge in [-0.3, -0.25) is 0 Å². The van der Waals surface area contributed by atoms with E-state index in [1.54, 1.807) is 0 Å². The number of aliphatic hydroxyl groups excluding tert-OH is 3. The molecule has 0 aromatic carbocycles. The van der Waals surface area contributed by atoms with Crippen molar-refractivity contribution in [3.63, 3.8) is 0 Å². The third-order valence-corrected chi connectivity index (χ3v) is 0.421. The molecule has 0 aliphatic rings. The van der Waals surface area contributed by atoms with E-state index in [0.29, 0.717) is 0 Å². The molecule has 0 aromatic heterocycles. The largest absolute Gasteiger partial charge is 2.00 e. The number of rotatable bonds is 2. The Morgan fingerprint density at radius 1 is 1.00 bits per heavy atom. The van der Waals surface area contributed by atoms with Gasteiger partial charge in [0.05, 0.1) is 13.2 Å². The van der Waals surface area contributed by atoms with Gasteiger partial charge in [-0.05, 0) is 0 Å². The fourth-order valence-corrected chi connectivity index (χ4v) is 0.0577. The Bertz CT molecular complexity index is 31.4. The minimum Gasteiger partial charge on any atom is -0.870 e. The van der Waals surface area contributed by atoms with Crippen LogP contribution in [0.1, 0.15) is 0 Å². The third-order valence-electron chi connectivity index (χ3n) is 0.421. The summed E-state index contributed by atoms with van der Waals surface area (Å²) in [5.74, 6) is 0. The van der Waals surface area contributed by atoms with Gasteiger partial charge in [-0.2, -0.15) is 0 Å². The summed E-state index contributed by atoms with van der Waals surface area (Å²) in [6.45, 7) is -0.729. The van der Waals surface area contributed by atoms with Gasteiger partial charge in [0, 0.05) is 0 Å². The molecule has 0 fully saturated rings. The molecular weight excluding hydrogens is 156 g/mol. The van der Waals surface area contributed by atoms with Crippen molar-refractivity contribution in [3.8, 4) is 0 Å². The van der Waals surface area contributed by atoms with Crippen LogP contribution >= 0.6 is 0 Å². The predicted octanol–water partition coefficient (Wildman–Crippen LogP) is -2.40. The van der Waals surface area contributed by atoms with Crippen molar-refractivity contribution >= 4 is 37.7 Å². The summed E-state index contributed by atoms with van der Waals surface area (Å²) < 4.78 is 0. The molecule has 0 atom stereocenters.